The number of aryl methyl sites for hydroxylation is 1. The second-order valence-electron chi connectivity index (χ2n) is 4.09. The van der Waals surface area contributed by atoms with Gasteiger partial charge >= 0.3 is 5.97 Å². The van der Waals surface area contributed by atoms with Crippen LogP contribution < -0.4 is 0 Å². The van der Waals surface area contributed by atoms with Gasteiger partial charge in [0.05, 0.1) is 5.56 Å². The number of hydrogen-bond acceptors (Lipinski definition) is 4. The third-order valence-corrected chi connectivity index (χ3v) is 2.79. The van der Waals surface area contributed by atoms with E-state index in [0.29, 0.717) is 18.8 Å². The quantitative estimate of drug-likeness (QED) is 0.596. The third kappa shape index (κ3) is 3.28. The molecule has 0 saturated carbocycles. The van der Waals surface area contributed by atoms with E-state index in [4.69, 9.17) is 14.5 Å². The van der Waals surface area contributed by atoms with Gasteiger partial charge in [-0.1, -0.05) is 18.2 Å². The van der Waals surface area contributed by atoms with Gasteiger partial charge in [0.1, 0.15) is 6.10 Å². The molecule has 0 atom stereocenters. The standard InChI is InChI=1S/C13H16O4/c1-10-4-2-3-5-12(10)13(14)17-16-11-6-8-15-9-7-11/h2-5,11H,6-9H2,1H3. The van der Waals surface area contributed by atoms with E-state index in [-0.39, 0.29) is 6.10 Å². The Kier molecular flexibility index (Phi) is 4.12. The van der Waals surface area contributed by atoms with E-state index >= 15 is 0 Å². The summed E-state index contributed by atoms with van der Waals surface area (Å²) < 4.78 is 5.19. The smallest absolute Gasteiger partial charge is 0.373 e. The van der Waals surface area contributed by atoms with Gasteiger partial charge in [0, 0.05) is 26.1 Å². The molecule has 92 valence electrons. The maximum Gasteiger partial charge on any atom is 0.373 e. The van der Waals surface area contributed by atoms with Crippen molar-refractivity contribution in [2.75, 3.05) is 13.2 Å². The Hall–Kier alpha value is -1.39. The highest BCUT2D eigenvalue weighted by Gasteiger charge is 2.18. The van der Waals surface area contributed by atoms with Crippen molar-refractivity contribution in [3.63, 3.8) is 0 Å². The molecule has 0 radical (unpaired) electrons. The van der Waals surface area contributed by atoms with Crippen LogP contribution in [0.1, 0.15) is 28.8 Å². The van der Waals surface area contributed by atoms with Gasteiger partial charge < -0.3 is 4.74 Å². The van der Waals surface area contributed by atoms with Gasteiger partial charge in [-0.15, -0.1) is 0 Å². The molecule has 0 N–H and O–H groups in total. The van der Waals surface area contributed by atoms with E-state index in [1.54, 1.807) is 12.1 Å². The van der Waals surface area contributed by atoms with Crippen molar-refractivity contribution in [1.29, 1.82) is 0 Å². The fourth-order valence-corrected chi connectivity index (χ4v) is 1.73. The summed E-state index contributed by atoms with van der Waals surface area (Å²) >= 11 is 0. The number of rotatable bonds is 3. The van der Waals surface area contributed by atoms with Crippen molar-refractivity contribution < 1.29 is 19.3 Å². The fourth-order valence-electron chi connectivity index (χ4n) is 1.73. The van der Waals surface area contributed by atoms with Crippen LogP contribution in [0.15, 0.2) is 24.3 Å². The van der Waals surface area contributed by atoms with Crippen LogP contribution in [-0.4, -0.2) is 25.3 Å². The van der Waals surface area contributed by atoms with Crippen LogP contribution in [0.5, 0.6) is 0 Å². The van der Waals surface area contributed by atoms with Crippen LogP contribution in [0.2, 0.25) is 0 Å². The second-order valence-corrected chi connectivity index (χ2v) is 4.09. The van der Waals surface area contributed by atoms with Gasteiger partial charge in [-0.25, -0.2) is 4.79 Å². The lowest BCUT2D eigenvalue weighted by molar-refractivity contribution is -0.285. The van der Waals surface area contributed by atoms with Crippen molar-refractivity contribution >= 4 is 5.97 Å². The molecule has 0 unspecified atom stereocenters. The molecule has 1 aromatic rings. The lowest BCUT2D eigenvalue weighted by atomic mass is 10.1. The molecule has 0 bridgehead atoms. The summed E-state index contributed by atoms with van der Waals surface area (Å²) in [7, 11) is 0. The molecule has 1 fully saturated rings. The summed E-state index contributed by atoms with van der Waals surface area (Å²) in [5.41, 5.74) is 1.42. The molecule has 1 aromatic carbocycles. The number of benzene rings is 1. The SMILES string of the molecule is Cc1ccccc1C(=O)OOC1CCOCC1. The van der Waals surface area contributed by atoms with Crippen molar-refractivity contribution in [3.8, 4) is 0 Å². The van der Waals surface area contributed by atoms with Gasteiger partial charge in [0.2, 0.25) is 0 Å². The van der Waals surface area contributed by atoms with Crippen LogP contribution in [0.4, 0.5) is 0 Å². The van der Waals surface area contributed by atoms with E-state index in [1.807, 2.05) is 19.1 Å². The van der Waals surface area contributed by atoms with Crippen LogP contribution in [0.3, 0.4) is 0 Å². The Labute approximate surface area is 100 Å². The topological polar surface area (TPSA) is 44.8 Å². The predicted octanol–water partition coefficient (Wildman–Crippen LogP) is 2.26. The molecule has 1 aliphatic rings. The Bertz CT molecular complexity index is 383. The largest absolute Gasteiger partial charge is 0.381 e. The van der Waals surface area contributed by atoms with Gasteiger partial charge in [-0.2, -0.15) is 4.89 Å². The first-order chi connectivity index (χ1) is 8.27. The number of carbonyl (C=O) groups is 1. The lowest BCUT2D eigenvalue weighted by Gasteiger charge is -2.20. The van der Waals surface area contributed by atoms with E-state index in [0.717, 1.165) is 18.4 Å². The Morgan fingerprint density at radius 3 is 2.71 bits per heavy atom. The molecule has 0 aromatic heterocycles. The summed E-state index contributed by atoms with van der Waals surface area (Å²) in [4.78, 5) is 21.7. The zero-order valence-corrected chi connectivity index (χ0v) is 9.85. The maximum atomic E-state index is 11.7. The van der Waals surface area contributed by atoms with E-state index in [1.165, 1.54) is 0 Å². The van der Waals surface area contributed by atoms with Crippen LogP contribution in [0, 0.1) is 6.92 Å². The van der Waals surface area contributed by atoms with Gasteiger partial charge in [-0.3, -0.25) is 4.89 Å². The molecule has 4 nitrogen and oxygen atoms in total. The number of hydrogen-bond donors (Lipinski definition) is 0. The summed E-state index contributed by atoms with van der Waals surface area (Å²) in [6.45, 7) is 3.18. The molecule has 17 heavy (non-hydrogen) atoms. The molecule has 1 heterocycles. The minimum Gasteiger partial charge on any atom is -0.381 e. The Morgan fingerprint density at radius 1 is 1.29 bits per heavy atom. The summed E-state index contributed by atoms with van der Waals surface area (Å²) in [5, 5.41) is 0. The van der Waals surface area contributed by atoms with E-state index in [9.17, 15) is 4.79 Å². The zero-order chi connectivity index (χ0) is 12.1. The first kappa shape index (κ1) is 12.1. The van der Waals surface area contributed by atoms with Crippen molar-refractivity contribution in [2.45, 2.75) is 25.9 Å². The molecular weight excluding hydrogens is 220 g/mol. The molecule has 4 heteroatoms. The lowest BCUT2D eigenvalue weighted by Crippen LogP contribution is -2.25. The fraction of sp³-hybridized carbons (Fsp3) is 0.462. The second kappa shape index (κ2) is 5.80. The molecule has 0 amide bonds. The molecule has 2 rings (SSSR count). The van der Waals surface area contributed by atoms with Crippen molar-refractivity contribution in [1.82, 2.24) is 0 Å². The monoisotopic (exact) mass is 236 g/mol. The van der Waals surface area contributed by atoms with Gasteiger partial charge in [-0.05, 0) is 18.6 Å². The van der Waals surface area contributed by atoms with E-state index < -0.39 is 5.97 Å². The highest BCUT2D eigenvalue weighted by atomic mass is 17.2. The zero-order valence-electron chi connectivity index (χ0n) is 9.85. The maximum absolute atomic E-state index is 11.7. The molecule has 1 saturated heterocycles. The third-order valence-electron chi connectivity index (χ3n) is 2.79. The minimum atomic E-state index is -0.436. The highest BCUT2D eigenvalue weighted by molar-refractivity contribution is 5.90. The van der Waals surface area contributed by atoms with Crippen molar-refractivity contribution in [3.05, 3.63) is 35.4 Å². The molecule has 0 spiro atoms. The molecule has 1 aliphatic heterocycles. The van der Waals surface area contributed by atoms with E-state index in [2.05, 4.69) is 0 Å². The Balaban J connectivity index is 1.87. The minimum absolute atomic E-state index is 0.0447. The van der Waals surface area contributed by atoms with Gasteiger partial charge in [0.15, 0.2) is 0 Å². The first-order valence-electron chi connectivity index (χ1n) is 5.78. The van der Waals surface area contributed by atoms with Crippen LogP contribution >= 0.6 is 0 Å². The summed E-state index contributed by atoms with van der Waals surface area (Å²) in [5.74, 6) is -0.436. The average Bonchev–Trinajstić information content (AvgIpc) is 2.38. The summed E-state index contributed by atoms with van der Waals surface area (Å²) in [6.07, 6.45) is 1.49. The highest BCUT2D eigenvalue weighted by Crippen LogP contribution is 2.13. The normalized spacial score (nSPS) is 16.8. The van der Waals surface area contributed by atoms with Crippen molar-refractivity contribution in [2.24, 2.45) is 0 Å². The predicted molar refractivity (Wildman–Crippen MR) is 61.5 cm³/mol. The summed E-state index contributed by atoms with van der Waals surface area (Å²) in [6, 6.07) is 7.28. The number of ether oxygens (including phenoxy) is 1. The number of carbonyl (C=O) groups excluding carboxylic acids is 1. The molecular formula is C13H16O4. The average molecular weight is 236 g/mol. The first-order valence-corrected chi connectivity index (χ1v) is 5.78. The Morgan fingerprint density at radius 2 is 2.00 bits per heavy atom. The van der Waals surface area contributed by atoms with Crippen LogP contribution in [-0.2, 0) is 14.5 Å². The van der Waals surface area contributed by atoms with Crippen LogP contribution in [0.25, 0.3) is 0 Å². The molecule has 0 aliphatic carbocycles. The van der Waals surface area contributed by atoms with Gasteiger partial charge in [0.25, 0.3) is 0 Å².